The van der Waals surface area contributed by atoms with Crippen LogP contribution in [-0.4, -0.2) is 24.7 Å². The summed E-state index contributed by atoms with van der Waals surface area (Å²) < 4.78 is 5.84. The molecule has 1 aliphatic rings. The lowest BCUT2D eigenvalue weighted by Crippen LogP contribution is -2.47. The molecule has 4 nitrogen and oxygen atoms in total. The highest BCUT2D eigenvalue weighted by molar-refractivity contribution is 5.74. The molecule has 0 unspecified atom stereocenters. The van der Waals surface area contributed by atoms with E-state index in [1.807, 2.05) is 26.8 Å². The molecule has 116 valence electrons. The Hall–Kier alpha value is -1.71. The molecular weight excluding hydrogens is 264 g/mol. The quantitative estimate of drug-likeness (QED) is 0.837. The van der Waals surface area contributed by atoms with Crippen molar-refractivity contribution in [2.75, 3.05) is 13.2 Å². The molecule has 2 amide bonds. The molecule has 0 bridgehead atoms. The summed E-state index contributed by atoms with van der Waals surface area (Å²) in [6.45, 7) is 6.87. The van der Waals surface area contributed by atoms with Gasteiger partial charge in [-0.15, -0.1) is 0 Å². The van der Waals surface area contributed by atoms with Crippen LogP contribution in [-0.2, 0) is 12.8 Å². The number of hydrogen-bond acceptors (Lipinski definition) is 2. The summed E-state index contributed by atoms with van der Waals surface area (Å²) in [4.78, 5) is 11.6. The highest BCUT2D eigenvalue weighted by Gasteiger charge is 2.14. The van der Waals surface area contributed by atoms with Crippen LogP contribution in [0.5, 0.6) is 5.75 Å². The molecule has 1 aromatic rings. The van der Waals surface area contributed by atoms with Gasteiger partial charge in [-0.1, -0.05) is 12.1 Å². The van der Waals surface area contributed by atoms with Crippen LogP contribution in [0.3, 0.4) is 0 Å². The Morgan fingerprint density at radius 1 is 1.24 bits per heavy atom. The van der Waals surface area contributed by atoms with Gasteiger partial charge in [0.1, 0.15) is 12.4 Å². The van der Waals surface area contributed by atoms with Gasteiger partial charge in [0, 0.05) is 5.54 Å². The number of rotatable bonds is 4. The van der Waals surface area contributed by atoms with Gasteiger partial charge in [0.05, 0.1) is 6.54 Å². The number of carbonyl (C=O) groups is 1. The van der Waals surface area contributed by atoms with Crippen molar-refractivity contribution in [3.63, 3.8) is 0 Å². The lowest BCUT2D eigenvalue weighted by molar-refractivity contribution is 0.228. The molecule has 0 atom stereocenters. The standard InChI is InChI=1S/C17H26N2O2/c1-17(2,3)19-16(20)18-11-12-21-15-10-6-8-13-7-4-5-9-14(13)15/h6,8,10H,4-5,7,9,11-12H2,1-3H3,(H2,18,19,20). The van der Waals surface area contributed by atoms with E-state index in [9.17, 15) is 4.79 Å². The fourth-order valence-electron chi connectivity index (χ4n) is 2.59. The summed E-state index contributed by atoms with van der Waals surface area (Å²) >= 11 is 0. The van der Waals surface area contributed by atoms with Crippen molar-refractivity contribution in [1.29, 1.82) is 0 Å². The van der Waals surface area contributed by atoms with Crippen molar-refractivity contribution in [2.45, 2.75) is 52.0 Å². The predicted molar refractivity (Wildman–Crippen MR) is 84.9 cm³/mol. The Kier molecular flexibility index (Phi) is 5.10. The summed E-state index contributed by atoms with van der Waals surface area (Å²) in [5.41, 5.74) is 2.55. The van der Waals surface area contributed by atoms with Gasteiger partial charge >= 0.3 is 6.03 Å². The Bertz CT molecular complexity index is 492. The molecule has 0 radical (unpaired) electrons. The van der Waals surface area contributed by atoms with Gasteiger partial charge in [0.15, 0.2) is 0 Å². The maximum atomic E-state index is 11.6. The molecule has 0 saturated carbocycles. The third-order valence-electron chi connectivity index (χ3n) is 3.49. The van der Waals surface area contributed by atoms with E-state index < -0.39 is 0 Å². The third-order valence-corrected chi connectivity index (χ3v) is 3.49. The largest absolute Gasteiger partial charge is 0.491 e. The van der Waals surface area contributed by atoms with Crippen LogP contribution in [0.15, 0.2) is 18.2 Å². The number of amides is 2. The second-order valence-corrected chi connectivity index (χ2v) is 6.58. The molecular formula is C17H26N2O2. The van der Waals surface area contributed by atoms with Crippen molar-refractivity contribution in [3.05, 3.63) is 29.3 Å². The summed E-state index contributed by atoms with van der Waals surface area (Å²) in [6.07, 6.45) is 4.76. The molecule has 4 heteroatoms. The van der Waals surface area contributed by atoms with Crippen LogP contribution >= 0.6 is 0 Å². The zero-order chi connectivity index (χ0) is 15.3. The topological polar surface area (TPSA) is 50.4 Å². The van der Waals surface area contributed by atoms with Crippen molar-refractivity contribution >= 4 is 6.03 Å². The summed E-state index contributed by atoms with van der Waals surface area (Å²) in [5, 5.41) is 5.68. The molecule has 0 saturated heterocycles. The first kappa shape index (κ1) is 15.7. The fourth-order valence-corrected chi connectivity index (χ4v) is 2.59. The maximum absolute atomic E-state index is 11.6. The number of hydrogen-bond donors (Lipinski definition) is 2. The third kappa shape index (κ3) is 4.96. The van der Waals surface area contributed by atoms with E-state index in [1.54, 1.807) is 0 Å². The van der Waals surface area contributed by atoms with E-state index >= 15 is 0 Å². The lowest BCUT2D eigenvalue weighted by Gasteiger charge is -2.21. The summed E-state index contributed by atoms with van der Waals surface area (Å²) in [5.74, 6) is 0.977. The molecule has 0 spiro atoms. The van der Waals surface area contributed by atoms with Crippen LogP contribution in [0.1, 0.15) is 44.7 Å². The van der Waals surface area contributed by atoms with Gasteiger partial charge in [-0.2, -0.15) is 0 Å². The Balaban J connectivity index is 1.78. The number of benzene rings is 1. The van der Waals surface area contributed by atoms with E-state index in [0.29, 0.717) is 13.2 Å². The van der Waals surface area contributed by atoms with Gasteiger partial charge in [-0.25, -0.2) is 4.79 Å². The Morgan fingerprint density at radius 3 is 2.76 bits per heavy atom. The lowest BCUT2D eigenvalue weighted by atomic mass is 9.91. The normalized spacial score (nSPS) is 14.2. The number of aryl methyl sites for hydroxylation is 1. The summed E-state index contributed by atoms with van der Waals surface area (Å²) in [6, 6.07) is 6.12. The van der Waals surface area contributed by atoms with E-state index in [0.717, 1.165) is 18.6 Å². The van der Waals surface area contributed by atoms with Crippen LogP contribution in [0.4, 0.5) is 4.79 Å². The van der Waals surface area contributed by atoms with Gasteiger partial charge < -0.3 is 15.4 Å². The second kappa shape index (κ2) is 6.83. The molecule has 1 aromatic carbocycles. The number of urea groups is 1. The van der Waals surface area contributed by atoms with Gasteiger partial charge in [0.25, 0.3) is 0 Å². The maximum Gasteiger partial charge on any atom is 0.315 e. The van der Waals surface area contributed by atoms with Gasteiger partial charge in [-0.05, 0) is 63.6 Å². The van der Waals surface area contributed by atoms with Gasteiger partial charge in [0.2, 0.25) is 0 Å². The van der Waals surface area contributed by atoms with Crippen molar-refractivity contribution in [2.24, 2.45) is 0 Å². The van der Waals surface area contributed by atoms with E-state index in [1.165, 1.54) is 24.0 Å². The molecule has 0 heterocycles. The molecule has 0 aromatic heterocycles. The monoisotopic (exact) mass is 290 g/mol. The molecule has 0 fully saturated rings. The second-order valence-electron chi connectivity index (χ2n) is 6.58. The molecule has 2 rings (SSSR count). The predicted octanol–water partition coefficient (Wildman–Crippen LogP) is 3.04. The van der Waals surface area contributed by atoms with Crippen LogP contribution in [0, 0.1) is 0 Å². The van der Waals surface area contributed by atoms with Crippen LogP contribution in [0.2, 0.25) is 0 Å². The SMILES string of the molecule is CC(C)(C)NC(=O)NCCOc1cccc2c1CCCC2. The van der Waals surface area contributed by atoms with Crippen molar-refractivity contribution in [3.8, 4) is 5.75 Å². The number of nitrogens with one attached hydrogen (secondary N) is 2. The number of carbonyl (C=O) groups excluding carboxylic acids is 1. The number of ether oxygens (including phenoxy) is 1. The summed E-state index contributed by atoms with van der Waals surface area (Å²) in [7, 11) is 0. The fraction of sp³-hybridized carbons (Fsp3) is 0.588. The van der Waals surface area contributed by atoms with E-state index in [2.05, 4.69) is 22.8 Å². The minimum absolute atomic E-state index is 0.152. The van der Waals surface area contributed by atoms with E-state index in [4.69, 9.17) is 4.74 Å². The first-order chi connectivity index (χ1) is 9.96. The van der Waals surface area contributed by atoms with Crippen LogP contribution < -0.4 is 15.4 Å². The molecule has 2 N–H and O–H groups in total. The molecule has 21 heavy (non-hydrogen) atoms. The molecule has 1 aliphatic carbocycles. The van der Waals surface area contributed by atoms with E-state index in [-0.39, 0.29) is 11.6 Å². The smallest absolute Gasteiger partial charge is 0.315 e. The van der Waals surface area contributed by atoms with Crippen molar-refractivity contribution in [1.82, 2.24) is 10.6 Å². The van der Waals surface area contributed by atoms with Crippen LogP contribution in [0.25, 0.3) is 0 Å². The molecule has 0 aliphatic heterocycles. The first-order valence-electron chi connectivity index (χ1n) is 7.75. The Morgan fingerprint density at radius 2 is 2.00 bits per heavy atom. The highest BCUT2D eigenvalue weighted by atomic mass is 16.5. The zero-order valence-corrected chi connectivity index (χ0v) is 13.3. The Labute approximate surface area is 127 Å². The number of fused-ring (bicyclic) bond motifs is 1. The minimum atomic E-state index is -0.219. The highest BCUT2D eigenvalue weighted by Crippen LogP contribution is 2.29. The first-order valence-corrected chi connectivity index (χ1v) is 7.75. The van der Waals surface area contributed by atoms with Crippen molar-refractivity contribution < 1.29 is 9.53 Å². The minimum Gasteiger partial charge on any atom is -0.491 e. The van der Waals surface area contributed by atoms with Gasteiger partial charge in [-0.3, -0.25) is 0 Å². The average molecular weight is 290 g/mol. The average Bonchev–Trinajstić information content (AvgIpc) is 2.42. The zero-order valence-electron chi connectivity index (χ0n) is 13.3.